The minimum absolute atomic E-state index is 0.149. The van der Waals surface area contributed by atoms with Crippen LogP contribution in [0.1, 0.15) is 20.8 Å². The van der Waals surface area contributed by atoms with Crippen molar-refractivity contribution in [3.8, 4) is 0 Å². The molecule has 3 N–H and O–H groups in total. The van der Waals surface area contributed by atoms with E-state index in [9.17, 15) is 4.79 Å². The zero-order valence-electron chi connectivity index (χ0n) is 9.90. The molecule has 2 rings (SSSR count). The summed E-state index contributed by atoms with van der Waals surface area (Å²) in [5, 5.41) is 0. The Balaban J connectivity index is 2.90. The van der Waals surface area contributed by atoms with E-state index >= 15 is 0 Å². The number of aromatic amines is 1. The maximum absolute atomic E-state index is 11.9. The van der Waals surface area contributed by atoms with Crippen LogP contribution in [0.25, 0.3) is 11.2 Å². The molecule has 0 aliphatic rings. The molecular formula is C10H16N5O+. The van der Waals surface area contributed by atoms with Gasteiger partial charge in [-0.1, -0.05) is 4.98 Å². The number of rotatable bonds is 0. The van der Waals surface area contributed by atoms with Crippen molar-refractivity contribution in [1.29, 1.82) is 0 Å². The number of imidazole rings is 1. The molecule has 2 aromatic rings. The third-order valence-electron chi connectivity index (χ3n) is 2.60. The van der Waals surface area contributed by atoms with Gasteiger partial charge in [-0.05, 0) is 20.8 Å². The van der Waals surface area contributed by atoms with Gasteiger partial charge in [-0.3, -0.25) is 14.3 Å². The Hall–Kier alpha value is -1.85. The summed E-state index contributed by atoms with van der Waals surface area (Å²) in [6, 6.07) is 0. The van der Waals surface area contributed by atoms with Gasteiger partial charge in [0.2, 0.25) is 5.52 Å². The fraction of sp³-hybridized carbons (Fsp3) is 0.500. The summed E-state index contributed by atoms with van der Waals surface area (Å²) in [5.74, 6) is 0.218. The first-order valence-corrected chi connectivity index (χ1v) is 5.08. The SMILES string of the molecule is Cn1c(N)nc2c([nH]c[n+]2C(C)(C)C)c1=O. The second kappa shape index (κ2) is 3.07. The molecule has 0 aliphatic carbocycles. The number of nitrogens with one attached hydrogen (secondary N) is 1. The van der Waals surface area contributed by atoms with Gasteiger partial charge in [0.15, 0.2) is 6.33 Å². The molecule has 0 aliphatic heterocycles. The minimum atomic E-state index is -0.162. The van der Waals surface area contributed by atoms with Crippen molar-refractivity contribution in [2.24, 2.45) is 7.05 Å². The molecule has 0 aromatic carbocycles. The first-order chi connectivity index (χ1) is 7.32. The van der Waals surface area contributed by atoms with Crippen LogP contribution in [0.3, 0.4) is 0 Å². The van der Waals surface area contributed by atoms with Crippen LogP contribution in [0.5, 0.6) is 0 Å². The zero-order chi connectivity index (χ0) is 12.1. The van der Waals surface area contributed by atoms with Crippen molar-refractivity contribution < 1.29 is 4.57 Å². The molecule has 2 aromatic heterocycles. The van der Waals surface area contributed by atoms with Gasteiger partial charge in [0.25, 0.3) is 11.5 Å². The Morgan fingerprint density at radius 3 is 2.69 bits per heavy atom. The van der Waals surface area contributed by atoms with Gasteiger partial charge in [0, 0.05) is 7.05 Å². The lowest BCUT2D eigenvalue weighted by molar-refractivity contribution is -0.732. The zero-order valence-corrected chi connectivity index (χ0v) is 9.90. The van der Waals surface area contributed by atoms with Crippen molar-refractivity contribution in [2.45, 2.75) is 26.3 Å². The van der Waals surface area contributed by atoms with Crippen molar-refractivity contribution in [1.82, 2.24) is 14.5 Å². The number of hydrogen-bond donors (Lipinski definition) is 2. The molecule has 0 unspecified atom stereocenters. The first kappa shape index (κ1) is 10.7. The van der Waals surface area contributed by atoms with Gasteiger partial charge >= 0.3 is 5.65 Å². The molecule has 0 spiro atoms. The van der Waals surface area contributed by atoms with Crippen LogP contribution < -0.4 is 15.9 Å². The molecule has 6 heteroatoms. The maximum atomic E-state index is 11.9. The van der Waals surface area contributed by atoms with E-state index in [2.05, 4.69) is 9.97 Å². The van der Waals surface area contributed by atoms with Crippen LogP contribution >= 0.6 is 0 Å². The van der Waals surface area contributed by atoms with Gasteiger partial charge in [-0.2, -0.15) is 0 Å². The van der Waals surface area contributed by atoms with E-state index in [0.29, 0.717) is 11.2 Å². The van der Waals surface area contributed by atoms with E-state index in [1.807, 2.05) is 25.3 Å². The number of hydrogen-bond acceptors (Lipinski definition) is 3. The van der Waals surface area contributed by atoms with Gasteiger partial charge in [0.1, 0.15) is 0 Å². The number of nitrogens with two attached hydrogens (primary N) is 1. The van der Waals surface area contributed by atoms with Crippen LogP contribution in [-0.4, -0.2) is 14.5 Å². The molecular weight excluding hydrogens is 206 g/mol. The average Bonchev–Trinajstić information content (AvgIpc) is 2.57. The van der Waals surface area contributed by atoms with Gasteiger partial charge in [-0.25, -0.2) is 4.57 Å². The highest BCUT2D eigenvalue weighted by Gasteiger charge is 2.25. The van der Waals surface area contributed by atoms with E-state index in [1.54, 1.807) is 13.4 Å². The number of aromatic nitrogens is 4. The summed E-state index contributed by atoms with van der Waals surface area (Å²) in [4.78, 5) is 19.1. The standard InChI is InChI=1S/C10H15N5O/c1-10(2,3)15-5-12-6-7(15)13-9(11)14(4)8(6)16/h5H,1-4H3,(H2,11,13,16)/p+1. The Morgan fingerprint density at radius 1 is 1.50 bits per heavy atom. The molecule has 0 atom stereocenters. The molecule has 0 saturated heterocycles. The predicted molar refractivity (Wildman–Crippen MR) is 60.9 cm³/mol. The number of nitrogen functional groups attached to an aromatic ring is 1. The second-order valence-electron chi connectivity index (χ2n) is 4.85. The van der Waals surface area contributed by atoms with Crippen LogP contribution in [0.2, 0.25) is 0 Å². The Labute approximate surface area is 92.7 Å². The summed E-state index contributed by atoms with van der Waals surface area (Å²) in [6.07, 6.45) is 1.75. The van der Waals surface area contributed by atoms with Gasteiger partial charge in [0.05, 0.1) is 5.54 Å². The molecule has 0 radical (unpaired) electrons. The summed E-state index contributed by atoms with van der Waals surface area (Å²) < 4.78 is 3.23. The fourth-order valence-electron chi connectivity index (χ4n) is 1.61. The van der Waals surface area contributed by atoms with Crippen LogP contribution in [0.15, 0.2) is 11.1 Å². The number of anilines is 1. The lowest BCUT2D eigenvalue weighted by Gasteiger charge is -2.15. The summed E-state index contributed by atoms with van der Waals surface area (Å²) in [6.45, 7) is 6.11. The second-order valence-corrected chi connectivity index (χ2v) is 4.85. The predicted octanol–water partition coefficient (Wildman–Crippen LogP) is -0.114. The monoisotopic (exact) mass is 222 g/mol. The summed E-state index contributed by atoms with van der Waals surface area (Å²) >= 11 is 0. The van der Waals surface area contributed by atoms with Crippen molar-refractivity contribution in [2.75, 3.05) is 5.73 Å². The number of nitrogens with zero attached hydrogens (tertiary/aromatic N) is 3. The summed E-state index contributed by atoms with van der Waals surface area (Å²) in [5.41, 5.74) is 6.44. The maximum Gasteiger partial charge on any atom is 0.311 e. The highest BCUT2D eigenvalue weighted by molar-refractivity contribution is 5.66. The van der Waals surface area contributed by atoms with Crippen LogP contribution in [0.4, 0.5) is 5.95 Å². The van der Waals surface area contributed by atoms with Crippen molar-refractivity contribution in [3.63, 3.8) is 0 Å². The van der Waals surface area contributed by atoms with E-state index in [4.69, 9.17) is 5.73 Å². The van der Waals surface area contributed by atoms with Crippen molar-refractivity contribution in [3.05, 3.63) is 16.7 Å². The Kier molecular flexibility index (Phi) is 2.04. The Bertz CT molecular complexity index is 602. The highest BCUT2D eigenvalue weighted by Crippen LogP contribution is 2.09. The third kappa shape index (κ3) is 1.37. The Morgan fingerprint density at radius 2 is 2.12 bits per heavy atom. The van der Waals surface area contributed by atoms with Crippen LogP contribution in [0, 0.1) is 0 Å². The van der Waals surface area contributed by atoms with E-state index in [0.717, 1.165) is 0 Å². The minimum Gasteiger partial charge on any atom is -0.355 e. The van der Waals surface area contributed by atoms with E-state index < -0.39 is 0 Å². The smallest absolute Gasteiger partial charge is 0.311 e. The molecule has 0 saturated carbocycles. The lowest BCUT2D eigenvalue weighted by Crippen LogP contribution is -2.49. The third-order valence-corrected chi connectivity index (χ3v) is 2.60. The molecule has 2 heterocycles. The van der Waals surface area contributed by atoms with Gasteiger partial charge in [-0.15, -0.1) is 0 Å². The van der Waals surface area contributed by atoms with E-state index in [1.165, 1.54) is 4.57 Å². The molecule has 86 valence electrons. The topological polar surface area (TPSA) is 80.6 Å². The van der Waals surface area contributed by atoms with Crippen LogP contribution in [-0.2, 0) is 12.6 Å². The number of H-pyrrole nitrogens is 1. The molecule has 0 amide bonds. The largest absolute Gasteiger partial charge is 0.355 e. The summed E-state index contributed by atoms with van der Waals surface area (Å²) in [7, 11) is 1.60. The normalized spacial score (nSPS) is 12.2. The quantitative estimate of drug-likeness (QED) is 0.610. The highest BCUT2D eigenvalue weighted by atomic mass is 16.1. The number of fused-ring (bicyclic) bond motifs is 1. The fourth-order valence-corrected chi connectivity index (χ4v) is 1.61. The van der Waals surface area contributed by atoms with E-state index in [-0.39, 0.29) is 17.0 Å². The lowest BCUT2D eigenvalue weighted by atomic mass is 10.1. The first-order valence-electron chi connectivity index (χ1n) is 5.08. The average molecular weight is 222 g/mol. The van der Waals surface area contributed by atoms with Gasteiger partial charge < -0.3 is 5.73 Å². The molecule has 16 heavy (non-hydrogen) atoms. The molecule has 0 bridgehead atoms. The molecule has 6 nitrogen and oxygen atoms in total. The molecule has 0 fully saturated rings. The van der Waals surface area contributed by atoms with Crippen molar-refractivity contribution >= 4 is 17.1 Å².